The van der Waals surface area contributed by atoms with Gasteiger partial charge in [-0.15, -0.1) is 0 Å². The number of aryl methyl sites for hydroxylation is 1. The summed E-state index contributed by atoms with van der Waals surface area (Å²) in [7, 11) is 0. The molecule has 0 unspecified atom stereocenters. The van der Waals surface area contributed by atoms with E-state index >= 15 is 0 Å². The number of aliphatic imine (C=N–C) groups is 1. The molecule has 3 N–H and O–H groups in total. The molecule has 0 spiro atoms. The van der Waals surface area contributed by atoms with Gasteiger partial charge in [-0.1, -0.05) is 13.8 Å². The van der Waals surface area contributed by atoms with Gasteiger partial charge in [0.1, 0.15) is 5.69 Å². The summed E-state index contributed by atoms with van der Waals surface area (Å²) in [5, 5.41) is 13.1. The first-order valence-corrected chi connectivity index (χ1v) is 7.28. The minimum Gasteiger partial charge on any atom is -0.492 e. The summed E-state index contributed by atoms with van der Waals surface area (Å²) in [6.45, 7) is 7.00. The van der Waals surface area contributed by atoms with Crippen LogP contribution in [0.2, 0.25) is 0 Å². The number of aromatic hydroxyl groups is 1. The Balaban J connectivity index is 1.88. The van der Waals surface area contributed by atoms with Crippen molar-refractivity contribution in [3.05, 3.63) is 29.1 Å². The highest BCUT2D eigenvalue weighted by atomic mass is 16.3. The zero-order chi connectivity index (χ0) is 15.7. The third-order valence-electron chi connectivity index (χ3n) is 3.33. The van der Waals surface area contributed by atoms with Gasteiger partial charge < -0.3 is 15.4 Å². The number of pyridine rings is 1. The number of nitrogens with zero attached hydrogens (tertiary/aromatic N) is 3. The largest absolute Gasteiger partial charge is 0.492 e. The Morgan fingerprint density at radius 3 is 3.00 bits per heavy atom. The Labute approximate surface area is 129 Å². The SMILES string of the molecule is Cc1cnc2c(c1)C(=Cc1[nH]c(NCC(C)C)nc1O)C=N2. The summed E-state index contributed by atoms with van der Waals surface area (Å²) < 4.78 is 0. The smallest absolute Gasteiger partial charge is 0.238 e. The Morgan fingerprint density at radius 1 is 1.41 bits per heavy atom. The maximum Gasteiger partial charge on any atom is 0.238 e. The van der Waals surface area contributed by atoms with E-state index in [4.69, 9.17) is 0 Å². The zero-order valence-corrected chi connectivity index (χ0v) is 12.9. The number of hydrogen-bond donors (Lipinski definition) is 3. The highest BCUT2D eigenvalue weighted by Crippen LogP contribution is 2.32. The van der Waals surface area contributed by atoms with Gasteiger partial charge in [-0.25, -0.2) is 9.98 Å². The average molecular weight is 297 g/mol. The number of nitrogens with one attached hydrogen (secondary N) is 2. The third kappa shape index (κ3) is 2.86. The molecule has 0 amide bonds. The van der Waals surface area contributed by atoms with Crippen LogP contribution in [-0.4, -0.2) is 32.8 Å². The monoisotopic (exact) mass is 297 g/mol. The van der Waals surface area contributed by atoms with Crippen molar-refractivity contribution < 1.29 is 5.11 Å². The van der Waals surface area contributed by atoms with E-state index in [1.807, 2.05) is 19.1 Å². The van der Waals surface area contributed by atoms with Crippen LogP contribution in [-0.2, 0) is 0 Å². The van der Waals surface area contributed by atoms with E-state index in [0.717, 1.165) is 23.2 Å². The van der Waals surface area contributed by atoms with Crippen molar-refractivity contribution in [2.45, 2.75) is 20.8 Å². The number of anilines is 1. The highest BCUT2D eigenvalue weighted by Gasteiger charge is 2.15. The van der Waals surface area contributed by atoms with Crippen molar-refractivity contribution in [3.63, 3.8) is 0 Å². The molecular weight excluding hydrogens is 278 g/mol. The first-order chi connectivity index (χ1) is 10.5. The summed E-state index contributed by atoms with van der Waals surface area (Å²) in [6.07, 6.45) is 5.37. The number of H-pyrrole nitrogens is 1. The van der Waals surface area contributed by atoms with Crippen LogP contribution in [0.3, 0.4) is 0 Å². The number of rotatable bonds is 4. The lowest BCUT2D eigenvalue weighted by Crippen LogP contribution is -2.08. The number of hydrogen-bond acceptors (Lipinski definition) is 5. The molecule has 1 aliphatic rings. The van der Waals surface area contributed by atoms with Crippen LogP contribution < -0.4 is 5.32 Å². The van der Waals surface area contributed by atoms with Gasteiger partial charge in [-0.3, -0.25) is 0 Å². The maximum absolute atomic E-state index is 9.97. The highest BCUT2D eigenvalue weighted by molar-refractivity contribution is 6.21. The second kappa shape index (κ2) is 5.63. The Morgan fingerprint density at radius 2 is 2.23 bits per heavy atom. The van der Waals surface area contributed by atoms with Gasteiger partial charge in [0.05, 0.1) is 0 Å². The van der Waals surface area contributed by atoms with Crippen LogP contribution in [0.4, 0.5) is 11.8 Å². The van der Waals surface area contributed by atoms with Gasteiger partial charge in [0.15, 0.2) is 5.82 Å². The third-order valence-corrected chi connectivity index (χ3v) is 3.33. The summed E-state index contributed by atoms with van der Waals surface area (Å²) in [6, 6.07) is 2.03. The summed E-state index contributed by atoms with van der Waals surface area (Å²) in [5.74, 6) is 1.74. The van der Waals surface area contributed by atoms with Crippen LogP contribution in [0.15, 0.2) is 17.3 Å². The molecule has 0 radical (unpaired) electrons. The van der Waals surface area contributed by atoms with Crippen molar-refractivity contribution in [2.75, 3.05) is 11.9 Å². The molecule has 0 aliphatic carbocycles. The van der Waals surface area contributed by atoms with E-state index in [0.29, 0.717) is 23.4 Å². The molecule has 0 atom stereocenters. The van der Waals surface area contributed by atoms with Gasteiger partial charge in [-0.2, -0.15) is 4.98 Å². The lowest BCUT2D eigenvalue weighted by molar-refractivity contribution is 0.455. The van der Waals surface area contributed by atoms with Crippen molar-refractivity contribution >= 4 is 29.6 Å². The molecule has 114 valence electrons. The maximum atomic E-state index is 9.97. The van der Waals surface area contributed by atoms with E-state index in [2.05, 4.69) is 39.1 Å². The molecule has 0 saturated carbocycles. The summed E-state index contributed by atoms with van der Waals surface area (Å²) >= 11 is 0. The fourth-order valence-corrected chi connectivity index (χ4v) is 2.21. The van der Waals surface area contributed by atoms with Gasteiger partial charge >= 0.3 is 0 Å². The summed E-state index contributed by atoms with van der Waals surface area (Å²) in [4.78, 5) is 15.7. The lowest BCUT2D eigenvalue weighted by Gasteiger charge is -2.04. The molecule has 3 heterocycles. The number of allylic oxidation sites excluding steroid dienone is 1. The molecule has 2 aromatic heterocycles. The van der Waals surface area contributed by atoms with Crippen LogP contribution in [0, 0.1) is 12.8 Å². The standard InChI is InChI=1S/C16H19N5O/c1-9(2)6-19-16-20-13(15(22)21-16)5-11-8-18-14-12(11)4-10(3)7-17-14/h4-5,7-9,22H,6H2,1-3H3,(H2,19,20,21). The Kier molecular flexibility index (Phi) is 3.66. The van der Waals surface area contributed by atoms with Gasteiger partial charge in [0.25, 0.3) is 0 Å². The minimum absolute atomic E-state index is 0.0266. The lowest BCUT2D eigenvalue weighted by atomic mass is 10.1. The van der Waals surface area contributed by atoms with Crippen LogP contribution >= 0.6 is 0 Å². The minimum atomic E-state index is -0.0266. The average Bonchev–Trinajstić information content (AvgIpc) is 3.02. The molecule has 6 nitrogen and oxygen atoms in total. The quantitative estimate of drug-likeness (QED) is 0.809. The zero-order valence-electron chi connectivity index (χ0n) is 12.9. The number of aromatic nitrogens is 3. The molecule has 0 fully saturated rings. The predicted molar refractivity (Wildman–Crippen MR) is 88.6 cm³/mol. The van der Waals surface area contributed by atoms with Crippen LogP contribution in [0.25, 0.3) is 11.6 Å². The summed E-state index contributed by atoms with van der Waals surface area (Å²) in [5.41, 5.74) is 3.50. The Hall–Kier alpha value is -2.63. The molecule has 1 aliphatic heterocycles. The van der Waals surface area contributed by atoms with E-state index < -0.39 is 0 Å². The molecule has 0 bridgehead atoms. The number of fused-ring (bicyclic) bond motifs is 1. The van der Waals surface area contributed by atoms with Crippen molar-refractivity contribution in [2.24, 2.45) is 10.9 Å². The van der Waals surface area contributed by atoms with Gasteiger partial charge in [0.2, 0.25) is 11.8 Å². The van der Waals surface area contributed by atoms with Gasteiger partial charge in [0, 0.05) is 30.1 Å². The fraction of sp³-hybridized carbons (Fsp3) is 0.312. The van der Waals surface area contributed by atoms with E-state index in [-0.39, 0.29) is 5.88 Å². The van der Waals surface area contributed by atoms with Crippen molar-refractivity contribution in [1.82, 2.24) is 15.0 Å². The van der Waals surface area contributed by atoms with E-state index in [1.54, 1.807) is 12.4 Å². The van der Waals surface area contributed by atoms with Crippen LogP contribution in [0.5, 0.6) is 5.88 Å². The van der Waals surface area contributed by atoms with Crippen molar-refractivity contribution in [1.29, 1.82) is 0 Å². The molecule has 0 aromatic carbocycles. The number of imidazole rings is 1. The first kappa shape index (κ1) is 14.3. The molecular formula is C16H19N5O. The first-order valence-electron chi connectivity index (χ1n) is 7.28. The van der Waals surface area contributed by atoms with E-state index in [1.165, 1.54) is 0 Å². The second-order valence-electron chi connectivity index (χ2n) is 5.84. The normalized spacial score (nSPS) is 14.8. The molecule has 6 heteroatoms. The molecule has 2 aromatic rings. The fourth-order valence-electron chi connectivity index (χ4n) is 2.21. The molecule has 22 heavy (non-hydrogen) atoms. The molecule has 3 rings (SSSR count). The van der Waals surface area contributed by atoms with Crippen LogP contribution in [0.1, 0.15) is 30.7 Å². The topological polar surface area (TPSA) is 86.2 Å². The van der Waals surface area contributed by atoms with Crippen molar-refractivity contribution in [3.8, 4) is 5.88 Å². The second-order valence-corrected chi connectivity index (χ2v) is 5.84. The van der Waals surface area contributed by atoms with Gasteiger partial charge in [-0.05, 0) is 30.5 Å². The molecule has 0 saturated heterocycles. The number of aromatic amines is 1. The van der Waals surface area contributed by atoms with E-state index in [9.17, 15) is 5.11 Å². The predicted octanol–water partition coefficient (Wildman–Crippen LogP) is 3.14. The Bertz CT molecular complexity index is 758.